The topological polar surface area (TPSA) is 26.3 Å². The maximum Gasteiger partial charge on any atom is 0.137 e. The van der Waals surface area contributed by atoms with E-state index in [1.54, 1.807) is 0 Å². The van der Waals surface area contributed by atoms with Gasteiger partial charge >= 0.3 is 0 Å². The summed E-state index contributed by atoms with van der Waals surface area (Å²) in [6, 6.07) is 19.3. The number of fused-ring (bicyclic) bond motifs is 6. The van der Waals surface area contributed by atoms with Crippen LogP contribution in [0.3, 0.4) is 0 Å². The molecule has 2 nitrogen and oxygen atoms in total. The average Bonchev–Trinajstić information content (AvgIpc) is 3.26. The lowest BCUT2D eigenvalue weighted by Gasteiger charge is -2.13. The Labute approximate surface area is 163 Å². The Kier molecular flexibility index (Phi) is 3.16. The first kappa shape index (κ1) is 15.8. The van der Waals surface area contributed by atoms with E-state index in [0.29, 0.717) is 0 Å². The molecule has 0 aliphatic heterocycles. The third kappa shape index (κ3) is 2.21. The van der Waals surface area contributed by atoms with Crippen molar-refractivity contribution in [2.24, 2.45) is 0 Å². The molecule has 28 heavy (non-hydrogen) atoms. The molecule has 0 radical (unpaired) electrons. The van der Waals surface area contributed by atoms with Crippen LogP contribution in [-0.4, -0.2) is 0 Å². The second-order valence-corrected chi connectivity index (χ2v) is 7.87. The van der Waals surface area contributed by atoms with Gasteiger partial charge in [-0.2, -0.15) is 0 Å². The molecule has 6 rings (SSSR count). The van der Waals surface area contributed by atoms with Gasteiger partial charge in [0.25, 0.3) is 0 Å². The zero-order valence-electron chi connectivity index (χ0n) is 16.0. The molecule has 0 bridgehead atoms. The summed E-state index contributed by atoms with van der Waals surface area (Å²) in [4.78, 5) is 0. The van der Waals surface area contributed by atoms with Gasteiger partial charge in [0, 0.05) is 28.1 Å². The zero-order valence-corrected chi connectivity index (χ0v) is 16.0. The molecule has 0 saturated carbocycles. The van der Waals surface area contributed by atoms with Gasteiger partial charge in [0.2, 0.25) is 0 Å². The summed E-state index contributed by atoms with van der Waals surface area (Å²) in [6.45, 7) is 4.24. The van der Waals surface area contributed by atoms with Crippen molar-refractivity contribution < 1.29 is 8.83 Å². The van der Waals surface area contributed by atoms with E-state index in [2.05, 4.69) is 74.5 Å². The monoisotopic (exact) mass is 364 g/mol. The maximum atomic E-state index is 6.17. The molecule has 136 valence electrons. The summed E-state index contributed by atoms with van der Waals surface area (Å²) in [6.07, 6.45) is 4.25. The highest BCUT2D eigenvalue weighted by Gasteiger charge is 2.20. The van der Waals surface area contributed by atoms with Crippen LogP contribution < -0.4 is 0 Å². The minimum absolute atomic E-state index is 0.943. The third-order valence-corrected chi connectivity index (χ3v) is 5.96. The Balaban J connectivity index is 1.55. The van der Waals surface area contributed by atoms with Crippen LogP contribution in [0.15, 0.2) is 63.4 Å². The molecule has 3 aromatic carbocycles. The maximum absolute atomic E-state index is 6.17. The van der Waals surface area contributed by atoms with Crippen LogP contribution >= 0.6 is 0 Å². The van der Waals surface area contributed by atoms with Crippen molar-refractivity contribution in [3.05, 3.63) is 82.6 Å². The Bertz CT molecular complexity index is 1430. The highest BCUT2D eigenvalue weighted by molar-refractivity contribution is 6.07. The fourth-order valence-electron chi connectivity index (χ4n) is 4.49. The van der Waals surface area contributed by atoms with E-state index in [0.717, 1.165) is 35.4 Å². The fraction of sp³-hybridized carbons (Fsp3) is 0.154. The van der Waals surface area contributed by atoms with Crippen LogP contribution in [0.5, 0.6) is 0 Å². The molecule has 2 heteroatoms. The molecule has 0 amide bonds. The van der Waals surface area contributed by atoms with E-state index in [1.807, 2.05) is 0 Å². The number of para-hydroxylation sites is 1. The quantitative estimate of drug-likeness (QED) is 0.309. The van der Waals surface area contributed by atoms with Crippen molar-refractivity contribution >= 4 is 44.6 Å². The Morgan fingerprint density at radius 2 is 1.57 bits per heavy atom. The van der Waals surface area contributed by atoms with Crippen molar-refractivity contribution in [3.8, 4) is 0 Å². The Morgan fingerprint density at radius 1 is 0.750 bits per heavy atom. The lowest BCUT2D eigenvalue weighted by molar-refractivity contribution is 0.546. The lowest BCUT2D eigenvalue weighted by Crippen LogP contribution is -1.96. The summed E-state index contributed by atoms with van der Waals surface area (Å²) in [7, 11) is 0. The predicted molar refractivity (Wildman–Crippen MR) is 116 cm³/mol. The van der Waals surface area contributed by atoms with Gasteiger partial charge in [0.15, 0.2) is 0 Å². The van der Waals surface area contributed by atoms with E-state index in [9.17, 15) is 0 Å². The van der Waals surface area contributed by atoms with E-state index in [4.69, 9.17) is 8.83 Å². The molecule has 0 saturated heterocycles. The number of furan rings is 2. The molecule has 5 aromatic rings. The molecule has 1 aliphatic rings. The predicted octanol–water partition coefficient (Wildman–Crippen LogP) is 7.44. The Hall–Kier alpha value is -3.26. The third-order valence-electron chi connectivity index (χ3n) is 5.96. The highest BCUT2D eigenvalue weighted by atomic mass is 16.3. The fourth-order valence-corrected chi connectivity index (χ4v) is 4.49. The van der Waals surface area contributed by atoms with Crippen molar-refractivity contribution in [3.63, 3.8) is 0 Å². The molecule has 1 aliphatic carbocycles. The second kappa shape index (κ2) is 5.62. The van der Waals surface area contributed by atoms with Gasteiger partial charge in [-0.15, -0.1) is 0 Å². The van der Waals surface area contributed by atoms with E-state index in [1.165, 1.54) is 44.0 Å². The van der Waals surface area contributed by atoms with Crippen molar-refractivity contribution in [1.29, 1.82) is 0 Å². The summed E-state index contributed by atoms with van der Waals surface area (Å²) < 4.78 is 12.2. The lowest BCUT2D eigenvalue weighted by atomic mass is 9.91. The number of rotatable bonds is 1. The standard InChI is InChI=1S/C26H20O2/c1-15-6-9-23-20(12-15)22-14-18(7-10-24(22)27-23)17-8-11-25-21(13-17)19-5-3-4-16(2)26(19)28-25/h3-7,9-10,12-14H,8,11H2,1-2H3. The van der Waals surface area contributed by atoms with Gasteiger partial charge in [-0.25, -0.2) is 0 Å². The summed E-state index contributed by atoms with van der Waals surface area (Å²) in [5.41, 5.74) is 9.25. The molecule has 2 heterocycles. The van der Waals surface area contributed by atoms with Gasteiger partial charge in [0.05, 0.1) is 0 Å². The minimum atomic E-state index is 0.943. The molecule has 2 aromatic heterocycles. The summed E-state index contributed by atoms with van der Waals surface area (Å²) in [5.74, 6) is 1.11. The first-order valence-electron chi connectivity index (χ1n) is 9.82. The number of benzene rings is 3. The van der Waals surface area contributed by atoms with E-state index in [-0.39, 0.29) is 0 Å². The second-order valence-electron chi connectivity index (χ2n) is 7.87. The smallest absolute Gasteiger partial charge is 0.137 e. The summed E-state index contributed by atoms with van der Waals surface area (Å²) in [5, 5.41) is 3.60. The molecule has 0 spiro atoms. The van der Waals surface area contributed by atoms with Gasteiger partial charge in [-0.3, -0.25) is 0 Å². The molecular weight excluding hydrogens is 344 g/mol. The molecule has 0 fully saturated rings. The first-order chi connectivity index (χ1) is 13.7. The largest absolute Gasteiger partial charge is 0.460 e. The van der Waals surface area contributed by atoms with E-state index < -0.39 is 0 Å². The summed E-state index contributed by atoms with van der Waals surface area (Å²) >= 11 is 0. The van der Waals surface area contributed by atoms with Crippen LogP contribution in [0.4, 0.5) is 0 Å². The Morgan fingerprint density at radius 3 is 2.46 bits per heavy atom. The van der Waals surface area contributed by atoms with Crippen molar-refractivity contribution in [1.82, 2.24) is 0 Å². The number of hydrogen-bond acceptors (Lipinski definition) is 2. The first-order valence-corrected chi connectivity index (χ1v) is 9.82. The zero-order chi connectivity index (χ0) is 18.8. The highest BCUT2D eigenvalue weighted by Crippen LogP contribution is 2.39. The molecule has 0 atom stereocenters. The van der Waals surface area contributed by atoms with Crippen molar-refractivity contribution in [2.45, 2.75) is 26.7 Å². The van der Waals surface area contributed by atoms with Crippen molar-refractivity contribution in [2.75, 3.05) is 0 Å². The van der Waals surface area contributed by atoms with Gasteiger partial charge < -0.3 is 8.83 Å². The molecule has 0 unspecified atom stereocenters. The van der Waals surface area contributed by atoms with E-state index >= 15 is 0 Å². The number of hydrogen-bond donors (Lipinski definition) is 0. The normalized spacial score (nSPS) is 14.0. The average molecular weight is 364 g/mol. The minimum Gasteiger partial charge on any atom is -0.460 e. The van der Waals surface area contributed by atoms with Crippen LogP contribution in [0.1, 0.15) is 34.4 Å². The van der Waals surface area contributed by atoms with Crippen LogP contribution in [-0.2, 0) is 6.42 Å². The van der Waals surface area contributed by atoms with Gasteiger partial charge in [0.1, 0.15) is 22.5 Å². The van der Waals surface area contributed by atoms with Crippen LogP contribution in [0.25, 0.3) is 44.6 Å². The van der Waals surface area contributed by atoms with Crippen LogP contribution in [0, 0.1) is 13.8 Å². The van der Waals surface area contributed by atoms with Gasteiger partial charge in [-0.1, -0.05) is 35.9 Å². The molecular formula is C26H20O2. The molecule has 0 N–H and O–H groups in total. The van der Waals surface area contributed by atoms with Gasteiger partial charge in [-0.05, 0) is 67.3 Å². The SMILES string of the molecule is Cc1ccc2oc3ccc(C4=Cc5c(oc6c(C)cccc56)CC4)cc3c2c1. The number of aryl methyl sites for hydroxylation is 3. The number of allylic oxidation sites excluding steroid dienone is 1. The van der Waals surface area contributed by atoms with Crippen LogP contribution in [0.2, 0.25) is 0 Å².